The lowest BCUT2D eigenvalue weighted by Crippen LogP contribution is -2.56. The van der Waals surface area contributed by atoms with Gasteiger partial charge in [-0.05, 0) is 20.8 Å². The summed E-state index contributed by atoms with van der Waals surface area (Å²) in [7, 11) is 0. The van der Waals surface area contributed by atoms with Gasteiger partial charge in [0.2, 0.25) is 0 Å². The number of aliphatic hydroxyl groups is 2. The molecule has 18 heavy (non-hydrogen) atoms. The minimum Gasteiger partial charge on any atom is -0.480 e. The van der Waals surface area contributed by atoms with Crippen LogP contribution < -0.4 is 0 Å². The van der Waals surface area contributed by atoms with E-state index in [9.17, 15) is 19.8 Å². The number of hydrogen-bond acceptors (Lipinski definition) is 4. The van der Waals surface area contributed by atoms with E-state index in [1.807, 2.05) is 0 Å². The molecular weight excluding hydrogens is 240 g/mol. The number of rotatable bonds is 3. The number of β-amino-alcohol motifs (C(OH)–C–C–N with tert-alkyl or cyclic N) is 2. The number of carbonyl (C=O) groups excluding carboxylic acids is 1. The van der Waals surface area contributed by atoms with E-state index in [-0.39, 0.29) is 19.6 Å². The van der Waals surface area contributed by atoms with Crippen LogP contribution in [-0.4, -0.2) is 74.5 Å². The lowest BCUT2D eigenvalue weighted by molar-refractivity contribution is -0.147. The topological polar surface area (TPSA) is 101 Å². The van der Waals surface area contributed by atoms with Crippen LogP contribution in [0.15, 0.2) is 0 Å². The minimum atomic E-state index is -1.33. The van der Waals surface area contributed by atoms with Crippen molar-refractivity contribution in [3.05, 3.63) is 0 Å². The largest absolute Gasteiger partial charge is 0.480 e. The van der Waals surface area contributed by atoms with Gasteiger partial charge in [-0.25, -0.2) is 9.59 Å². The van der Waals surface area contributed by atoms with Crippen molar-refractivity contribution >= 4 is 12.0 Å². The molecule has 0 spiro atoms. The monoisotopic (exact) mass is 260 g/mol. The van der Waals surface area contributed by atoms with Gasteiger partial charge in [0, 0.05) is 6.54 Å². The molecule has 2 atom stereocenters. The Morgan fingerprint density at radius 3 is 2.06 bits per heavy atom. The van der Waals surface area contributed by atoms with E-state index in [0.717, 1.165) is 0 Å². The molecule has 2 unspecified atom stereocenters. The molecule has 0 aromatic carbocycles. The van der Waals surface area contributed by atoms with E-state index in [2.05, 4.69) is 0 Å². The standard InChI is InChI=1S/C11H20N2O5/c1-4-13(11(2,3)9(16)17)10(18)12-5-7(14)8(15)6-12/h7-8,14-15H,4-6H2,1-3H3,(H,16,17). The molecule has 0 saturated carbocycles. The lowest BCUT2D eigenvalue weighted by Gasteiger charge is -2.36. The van der Waals surface area contributed by atoms with E-state index in [1.54, 1.807) is 6.92 Å². The van der Waals surface area contributed by atoms with Crippen LogP contribution in [0.25, 0.3) is 0 Å². The zero-order chi connectivity index (χ0) is 14.1. The van der Waals surface area contributed by atoms with Crippen LogP contribution in [0.1, 0.15) is 20.8 Å². The zero-order valence-electron chi connectivity index (χ0n) is 10.8. The SMILES string of the molecule is CCN(C(=O)N1CC(O)C(O)C1)C(C)(C)C(=O)O. The Balaban J connectivity index is 2.84. The predicted octanol–water partition coefficient (Wildman–Crippen LogP) is -0.671. The molecule has 1 fully saturated rings. The molecule has 1 heterocycles. The molecule has 1 aliphatic heterocycles. The fourth-order valence-corrected chi connectivity index (χ4v) is 1.98. The van der Waals surface area contributed by atoms with Gasteiger partial charge in [0.15, 0.2) is 0 Å². The fraction of sp³-hybridized carbons (Fsp3) is 0.818. The van der Waals surface area contributed by atoms with E-state index >= 15 is 0 Å². The van der Waals surface area contributed by atoms with Gasteiger partial charge in [-0.3, -0.25) is 0 Å². The van der Waals surface area contributed by atoms with Crippen molar-refractivity contribution in [3.8, 4) is 0 Å². The van der Waals surface area contributed by atoms with E-state index in [0.29, 0.717) is 0 Å². The number of carboxylic acid groups (broad SMARTS) is 1. The van der Waals surface area contributed by atoms with Crippen LogP contribution in [0.2, 0.25) is 0 Å². The van der Waals surface area contributed by atoms with Crippen molar-refractivity contribution in [3.63, 3.8) is 0 Å². The third kappa shape index (κ3) is 2.56. The van der Waals surface area contributed by atoms with Crippen molar-refractivity contribution in [1.82, 2.24) is 9.80 Å². The molecule has 0 radical (unpaired) electrons. The molecule has 2 amide bonds. The Labute approximate surface area is 106 Å². The second-order valence-electron chi connectivity index (χ2n) is 4.93. The molecule has 7 heteroatoms. The molecule has 0 aliphatic carbocycles. The molecule has 104 valence electrons. The van der Waals surface area contributed by atoms with E-state index in [4.69, 9.17) is 5.11 Å². The first kappa shape index (κ1) is 14.7. The summed E-state index contributed by atoms with van der Waals surface area (Å²) in [4.78, 5) is 25.8. The summed E-state index contributed by atoms with van der Waals surface area (Å²) < 4.78 is 0. The molecule has 0 aromatic heterocycles. The third-order valence-corrected chi connectivity index (χ3v) is 3.27. The van der Waals surface area contributed by atoms with Gasteiger partial charge in [0.1, 0.15) is 5.54 Å². The van der Waals surface area contributed by atoms with Crippen molar-refractivity contribution in [2.75, 3.05) is 19.6 Å². The summed E-state index contributed by atoms with van der Waals surface area (Å²) in [6, 6.07) is -0.486. The molecule has 7 nitrogen and oxygen atoms in total. The summed E-state index contributed by atoms with van der Waals surface area (Å²) in [5.41, 5.74) is -1.33. The normalized spacial score (nSPS) is 24.2. The van der Waals surface area contributed by atoms with Gasteiger partial charge in [-0.1, -0.05) is 0 Å². The highest BCUT2D eigenvalue weighted by molar-refractivity contribution is 5.85. The van der Waals surface area contributed by atoms with Crippen LogP contribution in [0.4, 0.5) is 4.79 Å². The molecule has 1 aliphatic rings. The average Bonchev–Trinajstić information content (AvgIpc) is 2.59. The van der Waals surface area contributed by atoms with Gasteiger partial charge >= 0.3 is 12.0 Å². The Morgan fingerprint density at radius 1 is 1.28 bits per heavy atom. The lowest BCUT2D eigenvalue weighted by atomic mass is 10.0. The van der Waals surface area contributed by atoms with Crippen molar-refractivity contribution in [2.45, 2.75) is 38.5 Å². The van der Waals surface area contributed by atoms with Gasteiger partial charge in [0.25, 0.3) is 0 Å². The molecule has 3 N–H and O–H groups in total. The maximum absolute atomic E-state index is 12.2. The van der Waals surface area contributed by atoms with Gasteiger partial charge in [-0.15, -0.1) is 0 Å². The van der Waals surface area contributed by atoms with Crippen LogP contribution in [0.3, 0.4) is 0 Å². The Morgan fingerprint density at radius 2 is 1.72 bits per heavy atom. The van der Waals surface area contributed by atoms with E-state index < -0.39 is 29.7 Å². The number of aliphatic hydroxyl groups excluding tert-OH is 2. The number of likely N-dealkylation sites (N-methyl/N-ethyl adjacent to an activating group) is 1. The highest BCUT2D eigenvalue weighted by Crippen LogP contribution is 2.20. The number of carboxylic acids is 1. The number of aliphatic carboxylic acids is 1. The predicted molar refractivity (Wildman–Crippen MR) is 63.1 cm³/mol. The number of likely N-dealkylation sites (tertiary alicyclic amines) is 1. The summed E-state index contributed by atoms with van der Waals surface area (Å²) in [5, 5.41) is 27.9. The number of urea groups is 1. The molecular formula is C11H20N2O5. The first-order valence-electron chi connectivity index (χ1n) is 5.87. The Hall–Kier alpha value is -1.34. The average molecular weight is 260 g/mol. The Kier molecular flexibility index (Phi) is 4.18. The summed E-state index contributed by atoms with van der Waals surface area (Å²) in [5.74, 6) is -1.10. The summed E-state index contributed by atoms with van der Waals surface area (Å²) in [6.45, 7) is 4.85. The highest BCUT2D eigenvalue weighted by atomic mass is 16.4. The molecule has 0 aromatic rings. The highest BCUT2D eigenvalue weighted by Gasteiger charge is 2.42. The second-order valence-corrected chi connectivity index (χ2v) is 4.93. The zero-order valence-corrected chi connectivity index (χ0v) is 10.8. The minimum absolute atomic E-state index is 0.0200. The first-order chi connectivity index (χ1) is 8.21. The molecule has 1 saturated heterocycles. The first-order valence-corrected chi connectivity index (χ1v) is 5.87. The van der Waals surface area contributed by atoms with Crippen LogP contribution in [0.5, 0.6) is 0 Å². The van der Waals surface area contributed by atoms with E-state index in [1.165, 1.54) is 23.6 Å². The van der Waals surface area contributed by atoms with Crippen LogP contribution in [-0.2, 0) is 4.79 Å². The summed E-state index contributed by atoms with van der Waals surface area (Å²) >= 11 is 0. The Bertz CT molecular complexity index is 334. The number of hydrogen-bond donors (Lipinski definition) is 3. The number of amides is 2. The van der Waals surface area contributed by atoms with Gasteiger partial charge < -0.3 is 25.1 Å². The quantitative estimate of drug-likeness (QED) is 0.624. The van der Waals surface area contributed by atoms with Crippen molar-refractivity contribution in [1.29, 1.82) is 0 Å². The fourth-order valence-electron chi connectivity index (χ4n) is 1.98. The number of carbonyl (C=O) groups is 2. The molecule has 1 rings (SSSR count). The third-order valence-electron chi connectivity index (χ3n) is 3.27. The van der Waals surface area contributed by atoms with Crippen molar-refractivity contribution < 1.29 is 24.9 Å². The number of nitrogens with zero attached hydrogens (tertiary/aromatic N) is 2. The van der Waals surface area contributed by atoms with Crippen LogP contribution in [0, 0.1) is 0 Å². The van der Waals surface area contributed by atoms with Gasteiger partial charge in [-0.2, -0.15) is 0 Å². The molecule has 0 bridgehead atoms. The second kappa shape index (κ2) is 5.11. The maximum atomic E-state index is 12.2. The van der Waals surface area contributed by atoms with Crippen LogP contribution >= 0.6 is 0 Å². The smallest absolute Gasteiger partial charge is 0.329 e. The summed E-state index contributed by atoms with van der Waals surface area (Å²) in [6.07, 6.45) is -1.94. The maximum Gasteiger partial charge on any atom is 0.329 e. The van der Waals surface area contributed by atoms with Crippen molar-refractivity contribution in [2.24, 2.45) is 0 Å². The van der Waals surface area contributed by atoms with Gasteiger partial charge in [0.05, 0.1) is 25.3 Å².